The van der Waals surface area contributed by atoms with Crippen LogP contribution in [0.25, 0.3) is 0 Å². The molecule has 6 heteroatoms. The molecule has 20 heavy (non-hydrogen) atoms. The van der Waals surface area contributed by atoms with Crippen LogP contribution in [-0.2, 0) is 17.6 Å². The summed E-state index contributed by atoms with van der Waals surface area (Å²) in [6.07, 6.45) is 3.19. The van der Waals surface area contributed by atoms with Gasteiger partial charge in [0.05, 0.1) is 0 Å². The van der Waals surface area contributed by atoms with Gasteiger partial charge in [-0.25, -0.2) is 4.98 Å². The van der Waals surface area contributed by atoms with Crippen LogP contribution < -0.4 is 5.32 Å². The quantitative estimate of drug-likeness (QED) is 0.894. The Labute approximate surface area is 121 Å². The molecule has 2 N–H and O–H groups in total. The Bertz CT molecular complexity index is 585. The molecule has 5 nitrogen and oxygen atoms in total. The van der Waals surface area contributed by atoms with Crippen molar-refractivity contribution in [3.8, 4) is 0 Å². The van der Waals surface area contributed by atoms with E-state index in [-0.39, 0.29) is 11.2 Å². The van der Waals surface area contributed by atoms with Crippen molar-refractivity contribution >= 4 is 17.7 Å². The molecule has 0 unspecified atom stereocenters. The second-order valence-electron chi connectivity index (χ2n) is 4.67. The van der Waals surface area contributed by atoms with Gasteiger partial charge in [0, 0.05) is 13.0 Å². The molecule has 0 saturated carbocycles. The molecule has 1 aromatic heterocycles. The normalized spacial score (nSPS) is 17.5. The van der Waals surface area contributed by atoms with E-state index in [1.807, 2.05) is 12.1 Å². The second-order valence-corrected chi connectivity index (χ2v) is 5.89. The average Bonchev–Trinajstić information content (AvgIpc) is 3.00. The molecule has 0 saturated heterocycles. The van der Waals surface area contributed by atoms with E-state index in [2.05, 4.69) is 32.6 Å². The lowest BCUT2D eigenvalue weighted by Gasteiger charge is -2.24. The van der Waals surface area contributed by atoms with E-state index in [0.717, 1.165) is 23.6 Å². The summed E-state index contributed by atoms with van der Waals surface area (Å²) in [6.45, 7) is 0.577. The van der Waals surface area contributed by atoms with Crippen molar-refractivity contribution in [1.82, 2.24) is 20.5 Å². The first-order valence-electron chi connectivity index (χ1n) is 6.66. The number of thioether (sulfide) groups is 1. The predicted octanol–water partition coefficient (Wildman–Crippen LogP) is 1.49. The monoisotopic (exact) mass is 288 g/mol. The average molecular weight is 288 g/mol. The number of hydrogen-bond donors (Lipinski definition) is 2. The number of hydrogen-bond acceptors (Lipinski definition) is 4. The lowest BCUT2D eigenvalue weighted by atomic mass is 10.0. The van der Waals surface area contributed by atoms with Crippen molar-refractivity contribution in [2.24, 2.45) is 0 Å². The van der Waals surface area contributed by atoms with Gasteiger partial charge in [-0.05, 0) is 23.3 Å². The molecule has 0 fully saturated rings. The predicted molar refractivity (Wildman–Crippen MR) is 78.4 cm³/mol. The van der Waals surface area contributed by atoms with Crippen molar-refractivity contribution in [1.29, 1.82) is 0 Å². The number of benzene rings is 1. The number of carbonyl (C=O) groups excluding carboxylic acids is 1. The van der Waals surface area contributed by atoms with Crippen LogP contribution in [0, 0.1) is 0 Å². The van der Waals surface area contributed by atoms with E-state index in [0.29, 0.717) is 13.0 Å². The van der Waals surface area contributed by atoms with Crippen LogP contribution in [0.5, 0.6) is 0 Å². The Hall–Kier alpha value is -1.82. The molecule has 1 aromatic carbocycles. The molecular formula is C14H16N4OS. The summed E-state index contributed by atoms with van der Waals surface area (Å²) in [5, 5.41) is 9.47. The van der Waals surface area contributed by atoms with Crippen molar-refractivity contribution in [3.63, 3.8) is 0 Å². The van der Waals surface area contributed by atoms with E-state index in [4.69, 9.17) is 0 Å². The van der Waals surface area contributed by atoms with Crippen LogP contribution in [0.15, 0.2) is 30.6 Å². The maximum atomic E-state index is 12.3. The minimum Gasteiger partial charge on any atom is -0.354 e. The van der Waals surface area contributed by atoms with Crippen molar-refractivity contribution in [3.05, 3.63) is 47.5 Å². The van der Waals surface area contributed by atoms with Gasteiger partial charge in [0.15, 0.2) is 0 Å². The Morgan fingerprint density at radius 1 is 1.45 bits per heavy atom. The van der Waals surface area contributed by atoms with Crippen LogP contribution in [0.3, 0.4) is 0 Å². The molecule has 1 aliphatic rings. The van der Waals surface area contributed by atoms with Gasteiger partial charge in [-0.1, -0.05) is 24.3 Å². The minimum atomic E-state index is -0.0883. The Morgan fingerprint density at radius 3 is 3.20 bits per heavy atom. The number of H-pyrrole nitrogens is 1. The van der Waals surface area contributed by atoms with Crippen LogP contribution in [0.2, 0.25) is 0 Å². The molecule has 2 heterocycles. The fourth-order valence-electron chi connectivity index (χ4n) is 2.36. The van der Waals surface area contributed by atoms with Crippen LogP contribution in [-0.4, -0.2) is 33.4 Å². The van der Waals surface area contributed by atoms with Gasteiger partial charge in [0.1, 0.15) is 17.4 Å². The lowest BCUT2D eigenvalue weighted by Crippen LogP contribution is -2.31. The van der Waals surface area contributed by atoms with Gasteiger partial charge in [0.2, 0.25) is 5.91 Å². The van der Waals surface area contributed by atoms with Gasteiger partial charge in [-0.3, -0.25) is 9.89 Å². The van der Waals surface area contributed by atoms with Gasteiger partial charge in [0.25, 0.3) is 0 Å². The van der Waals surface area contributed by atoms with Gasteiger partial charge in [-0.15, -0.1) is 11.8 Å². The van der Waals surface area contributed by atoms with E-state index >= 15 is 0 Å². The maximum Gasteiger partial charge on any atom is 0.237 e. The fraction of sp³-hybridized carbons (Fsp3) is 0.357. The molecule has 3 rings (SSSR count). The molecule has 0 spiro atoms. The van der Waals surface area contributed by atoms with Crippen molar-refractivity contribution in [2.45, 2.75) is 18.1 Å². The van der Waals surface area contributed by atoms with Crippen molar-refractivity contribution < 1.29 is 4.79 Å². The number of nitrogens with zero attached hydrogens (tertiary/aromatic N) is 2. The third-order valence-corrected chi connectivity index (χ3v) is 4.60. The highest BCUT2D eigenvalue weighted by Crippen LogP contribution is 2.36. The summed E-state index contributed by atoms with van der Waals surface area (Å²) in [5.41, 5.74) is 2.45. The van der Waals surface area contributed by atoms with E-state index in [9.17, 15) is 4.79 Å². The smallest absolute Gasteiger partial charge is 0.237 e. The highest BCUT2D eigenvalue weighted by Gasteiger charge is 2.26. The van der Waals surface area contributed by atoms with E-state index in [1.165, 1.54) is 11.9 Å². The number of amides is 1. The molecule has 1 atom stereocenters. The Balaban J connectivity index is 1.60. The summed E-state index contributed by atoms with van der Waals surface area (Å²) in [4.78, 5) is 16.3. The maximum absolute atomic E-state index is 12.3. The number of aromatic nitrogens is 3. The SMILES string of the molecule is O=C(NCCc1ncn[nH]1)[C@@H]1SCCc2ccccc21. The fourth-order valence-corrected chi connectivity index (χ4v) is 3.58. The Kier molecular flexibility index (Phi) is 4.01. The Morgan fingerprint density at radius 2 is 2.35 bits per heavy atom. The third kappa shape index (κ3) is 2.85. The minimum absolute atomic E-state index is 0.0849. The standard InChI is InChI=1S/C14H16N4OS/c19-14(15-7-5-12-16-9-17-18-12)13-11-4-2-1-3-10(11)6-8-20-13/h1-4,9,13H,5-8H2,(H,15,19)(H,16,17,18)/t13-/m1/s1. The zero-order valence-electron chi connectivity index (χ0n) is 11.0. The lowest BCUT2D eigenvalue weighted by molar-refractivity contribution is -0.120. The number of carbonyl (C=O) groups is 1. The van der Waals surface area contributed by atoms with Crippen LogP contribution >= 0.6 is 11.8 Å². The number of rotatable bonds is 4. The van der Waals surface area contributed by atoms with Gasteiger partial charge >= 0.3 is 0 Å². The molecule has 1 aliphatic heterocycles. The number of aryl methyl sites for hydroxylation is 1. The van der Waals surface area contributed by atoms with Crippen molar-refractivity contribution in [2.75, 3.05) is 12.3 Å². The second kappa shape index (κ2) is 6.09. The summed E-state index contributed by atoms with van der Waals surface area (Å²) < 4.78 is 0. The zero-order valence-corrected chi connectivity index (χ0v) is 11.8. The number of aromatic amines is 1. The highest BCUT2D eigenvalue weighted by atomic mass is 32.2. The largest absolute Gasteiger partial charge is 0.354 e. The summed E-state index contributed by atoms with van der Waals surface area (Å²) in [7, 11) is 0. The van der Waals surface area contributed by atoms with E-state index in [1.54, 1.807) is 11.8 Å². The summed E-state index contributed by atoms with van der Waals surface area (Å²) in [5.74, 6) is 1.88. The van der Waals surface area contributed by atoms with Crippen LogP contribution in [0.1, 0.15) is 22.2 Å². The number of nitrogens with one attached hydrogen (secondary N) is 2. The highest BCUT2D eigenvalue weighted by molar-refractivity contribution is 8.00. The van der Waals surface area contributed by atoms with Crippen LogP contribution in [0.4, 0.5) is 0 Å². The number of fused-ring (bicyclic) bond motifs is 1. The molecule has 104 valence electrons. The molecule has 0 aliphatic carbocycles. The molecule has 2 aromatic rings. The van der Waals surface area contributed by atoms with Gasteiger partial charge < -0.3 is 5.32 Å². The van der Waals surface area contributed by atoms with Gasteiger partial charge in [-0.2, -0.15) is 5.10 Å². The topological polar surface area (TPSA) is 70.7 Å². The summed E-state index contributed by atoms with van der Waals surface area (Å²) in [6, 6.07) is 8.21. The summed E-state index contributed by atoms with van der Waals surface area (Å²) >= 11 is 1.71. The first-order chi connectivity index (χ1) is 9.84. The molecule has 0 bridgehead atoms. The molecule has 0 radical (unpaired) electrons. The third-order valence-electron chi connectivity index (χ3n) is 3.36. The first-order valence-corrected chi connectivity index (χ1v) is 7.71. The molecule has 1 amide bonds. The zero-order chi connectivity index (χ0) is 13.8. The first kappa shape index (κ1) is 13.2. The molecular weight excluding hydrogens is 272 g/mol. The van der Waals surface area contributed by atoms with E-state index < -0.39 is 0 Å².